The lowest BCUT2D eigenvalue weighted by Gasteiger charge is -1.95. The molecule has 0 aromatic carbocycles. The van der Waals surface area contributed by atoms with Crippen LogP contribution in [0.1, 0.15) is 37.4 Å². The fourth-order valence-corrected chi connectivity index (χ4v) is 1.14. The van der Waals surface area contributed by atoms with Crippen LogP contribution in [0.5, 0.6) is 0 Å². The van der Waals surface area contributed by atoms with Crippen LogP contribution >= 0.6 is 0 Å². The third-order valence-electron chi connectivity index (χ3n) is 1.98. The van der Waals surface area contributed by atoms with Crippen molar-refractivity contribution in [3.63, 3.8) is 0 Å². The zero-order chi connectivity index (χ0) is 6.97. The second-order valence-corrected chi connectivity index (χ2v) is 3.01. The summed E-state index contributed by atoms with van der Waals surface area (Å²) in [5, 5.41) is 0. The first-order chi connectivity index (χ1) is 4.86. The first-order valence-electron chi connectivity index (χ1n) is 3.79. The average molecular weight is 149 g/mol. The second-order valence-electron chi connectivity index (χ2n) is 3.01. The molecule has 1 fully saturated rings. The number of pyridine rings is 1. The van der Waals surface area contributed by atoms with E-state index in [4.69, 9.17) is 0 Å². The smallest absolute Gasteiger partial charge is 0.0372 e. The van der Waals surface area contributed by atoms with Crippen molar-refractivity contribution >= 4 is 0 Å². The maximum atomic E-state index is 4.24. The van der Waals surface area contributed by atoms with Crippen LogP contribution < -0.4 is 0 Å². The summed E-state index contributed by atoms with van der Waals surface area (Å²) in [6, 6.07) is 4.29. The molecule has 0 radical (unpaired) electrons. The van der Waals surface area contributed by atoms with Crippen LogP contribution in [0.15, 0.2) is 18.3 Å². The molecule has 1 aliphatic rings. The molecule has 0 bridgehead atoms. The number of nitrogens with zero attached hydrogens (tertiary/aromatic N) is 1. The molecule has 1 heteroatoms. The Hall–Kier alpha value is -0.850. The molecule has 1 aromatic rings. The topological polar surface area (TPSA) is 12.9 Å². The van der Waals surface area contributed by atoms with E-state index in [1.165, 1.54) is 18.4 Å². The van der Waals surface area contributed by atoms with Crippen LogP contribution in [0.3, 0.4) is 0 Å². The molecule has 1 aromatic heterocycles. The quantitative estimate of drug-likeness (QED) is 0.598. The minimum absolute atomic E-state index is 0. The monoisotopic (exact) mass is 149 g/mol. The number of hydrogen-bond donors (Lipinski definition) is 0. The normalized spacial score (nSPS) is 15.7. The molecule has 1 saturated carbocycles. The highest BCUT2D eigenvalue weighted by atomic mass is 14.7. The summed E-state index contributed by atoms with van der Waals surface area (Å²) < 4.78 is 0. The van der Waals surface area contributed by atoms with Gasteiger partial charge in [0.1, 0.15) is 0 Å². The van der Waals surface area contributed by atoms with Crippen LogP contribution in [0, 0.1) is 6.92 Å². The van der Waals surface area contributed by atoms with Crippen molar-refractivity contribution in [2.75, 3.05) is 0 Å². The Kier molecular flexibility index (Phi) is 2.28. The van der Waals surface area contributed by atoms with Crippen LogP contribution in [0.4, 0.5) is 0 Å². The Balaban J connectivity index is 0.000000605. The Labute approximate surface area is 68.5 Å². The van der Waals surface area contributed by atoms with Gasteiger partial charge in [0, 0.05) is 11.9 Å². The number of rotatable bonds is 1. The van der Waals surface area contributed by atoms with Gasteiger partial charge in [-0.3, -0.25) is 4.98 Å². The van der Waals surface area contributed by atoms with E-state index in [-0.39, 0.29) is 7.43 Å². The van der Waals surface area contributed by atoms with Gasteiger partial charge in [-0.2, -0.15) is 0 Å². The SMILES string of the molecule is C.Cc1ccc(C2CC2)cn1. The van der Waals surface area contributed by atoms with Crippen molar-refractivity contribution in [2.24, 2.45) is 0 Å². The fraction of sp³-hybridized carbons (Fsp3) is 0.500. The van der Waals surface area contributed by atoms with E-state index < -0.39 is 0 Å². The maximum Gasteiger partial charge on any atom is 0.0372 e. The summed E-state index contributed by atoms with van der Waals surface area (Å²) in [5.41, 5.74) is 2.54. The van der Waals surface area contributed by atoms with Crippen molar-refractivity contribution in [2.45, 2.75) is 33.1 Å². The zero-order valence-electron chi connectivity index (χ0n) is 6.17. The lowest BCUT2D eigenvalue weighted by atomic mass is 10.2. The van der Waals surface area contributed by atoms with Crippen molar-refractivity contribution < 1.29 is 0 Å². The van der Waals surface area contributed by atoms with E-state index in [2.05, 4.69) is 17.1 Å². The minimum Gasteiger partial charge on any atom is -0.261 e. The van der Waals surface area contributed by atoms with Crippen LogP contribution in [-0.2, 0) is 0 Å². The van der Waals surface area contributed by atoms with Crippen molar-refractivity contribution in [3.8, 4) is 0 Å². The molecule has 1 heterocycles. The first kappa shape index (κ1) is 8.25. The van der Waals surface area contributed by atoms with E-state index >= 15 is 0 Å². The summed E-state index contributed by atoms with van der Waals surface area (Å²) in [4.78, 5) is 4.24. The van der Waals surface area contributed by atoms with Crippen molar-refractivity contribution in [1.29, 1.82) is 0 Å². The lowest BCUT2D eigenvalue weighted by Crippen LogP contribution is -1.83. The molecule has 0 saturated heterocycles. The highest BCUT2D eigenvalue weighted by Gasteiger charge is 2.23. The Morgan fingerprint density at radius 1 is 1.36 bits per heavy atom. The predicted molar refractivity (Wildman–Crippen MR) is 47.7 cm³/mol. The molecule has 0 atom stereocenters. The molecule has 60 valence electrons. The lowest BCUT2D eigenvalue weighted by molar-refractivity contribution is 1.07. The Bertz CT molecular complexity index is 221. The summed E-state index contributed by atoms with van der Waals surface area (Å²) in [5.74, 6) is 0.841. The average Bonchev–Trinajstić information content (AvgIpc) is 2.71. The molecule has 1 aliphatic carbocycles. The standard InChI is InChI=1S/C9H11N.CH4/c1-7-2-3-9(6-10-7)8-4-5-8;/h2-3,6,8H,4-5H2,1H3;1H4. The molecular weight excluding hydrogens is 134 g/mol. The van der Waals surface area contributed by atoms with Gasteiger partial charge in [-0.25, -0.2) is 0 Å². The van der Waals surface area contributed by atoms with Gasteiger partial charge in [-0.05, 0) is 37.3 Å². The van der Waals surface area contributed by atoms with Gasteiger partial charge in [-0.1, -0.05) is 13.5 Å². The van der Waals surface area contributed by atoms with Crippen molar-refractivity contribution in [3.05, 3.63) is 29.6 Å². The van der Waals surface area contributed by atoms with Gasteiger partial charge < -0.3 is 0 Å². The second kappa shape index (κ2) is 3.04. The number of aromatic nitrogens is 1. The highest BCUT2D eigenvalue weighted by Crippen LogP contribution is 2.39. The summed E-state index contributed by atoms with van der Waals surface area (Å²) in [6.45, 7) is 2.02. The van der Waals surface area contributed by atoms with E-state index in [0.29, 0.717) is 0 Å². The van der Waals surface area contributed by atoms with Crippen LogP contribution in [0.2, 0.25) is 0 Å². The van der Waals surface area contributed by atoms with E-state index in [0.717, 1.165) is 11.6 Å². The summed E-state index contributed by atoms with van der Waals surface area (Å²) in [6.07, 6.45) is 4.74. The molecule has 11 heavy (non-hydrogen) atoms. The first-order valence-corrected chi connectivity index (χ1v) is 3.79. The molecule has 0 aliphatic heterocycles. The van der Waals surface area contributed by atoms with E-state index in [1.807, 2.05) is 13.1 Å². The zero-order valence-corrected chi connectivity index (χ0v) is 6.17. The molecule has 0 spiro atoms. The third-order valence-corrected chi connectivity index (χ3v) is 1.98. The number of hydrogen-bond acceptors (Lipinski definition) is 1. The summed E-state index contributed by atoms with van der Waals surface area (Å²) in [7, 11) is 0. The third kappa shape index (κ3) is 1.79. The number of aryl methyl sites for hydroxylation is 1. The van der Waals surface area contributed by atoms with Crippen LogP contribution in [0.25, 0.3) is 0 Å². The molecule has 1 nitrogen and oxygen atoms in total. The van der Waals surface area contributed by atoms with Gasteiger partial charge >= 0.3 is 0 Å². The Morgan fingerprint density at radius 3 is 2.55 bits per heavy atom. The van der Waals surface area contributed by atoms with Gasteiger partial charge in [0.05, 0.1) is 0 Å². The molecule has 0 amide bonds. The van der Waals surface area contributed by atoms with Gasteiger partial charge in [0.15, 0.2) is 0 Å². The largest absolute Gasteiger partial charge is 0.261 e. The minimum atomic E-state index is 0. The molecule has 0 N–H and O–H groups in total. The summed E-state index contributed by atoms with van der Waals surface area (Å²) >= 11 is 0. The predicted octanol–water partition coefficient (Wildman–Crippen LogP) is 2.90. The molecule has 2 rings (SSSR count). The van der Waals surface area contributed by atoms with E-state index in [9.17, 15) is 0 Å². The molecule has 0 unspecified atom stereocenters. The van der Waals surface area contributed by atoms with Crippen molar-refractivity contribution in [1.82, 2.24) is 4.98 Å². The maximum absolute atomic E-state index is 4.24. The molecular formula is C10H15N. The fourth-order valence-electron chi connectivity index (χ4n) is 1.14. The Morgan fingerprint density at radius 2 is 2.09 bits per heavy atom. The highest BCUT2D eigenvalue weighted by molar-refractivity contribution is 5.21. The van der Waals surface area contributed by atoms with Gasteiger partial charge in [-0.15, -0.1) is 0 Å². The van der Waals surface area contributed by atoms with Gasteiger partial charge in [0.25, 0.3) is 0 Å². The van der Waals surface area contributed by atoms with Gasteiger partial charge in [0.2, 0.25) is 0 Å². The van der Waals surface area contributed by atoms with E-state index in [1.54, 1.807) is 0 Å². The van der Waals surface area contributed by atoms with Crippen LogP contribution in [-0.4, -0.2) is 4.98 Å².